The van der Waals surface area contributed by atoms with E-state index in [1.807, 2.05) is 37.4 Å². The van der Waals surface area contributed by atoms with Gasteiger partial charge in [-0.2, -0.15) is 4.31 Å². The number of nitrogens with one attached hydrogen (secondary N) is 1. The largest absolute Gasteiger partial charge is 0.361 e. The van der Waals surface area contributed by atoms with E-state index in [9.17, 15) is 13.2 Å². The molecule has 3 rings (SSSR count). The fourth-order valence-corrected chi connectivity index (χ4v) is 4.86. The number of aromatic amines is 1. The molecule has 1 fully saturated rings. The third-order valence-corrected chi connectivity index (χ3v) is 6.71. The molecule has 1 saturated heterocycles. The average molecular weight is 363 g/mol. The van der Waals surface area contributed by atoms with Crippen LogP contribution in [0.2, 0.25) is 0 Å². The monoisotopic (exact) mass is 363 g/mol. The van der Waals surface area contributed by atoms with Crippen molar-refractivity contribution >= 4 is 26.8 Å². The highest BCUT2D eigenvalue weighted by molar-refractivity contribution is 7.89. The van der Waals surface area contributed by atoms with Crippen LogP contribution in [0.25, 0.3) is 10.9 Å². The first kappa shape index (κ1) is 17.9. The number of benzene rings is 1. The van der Waals surface area contributed by atoms with Gasteiger partial charge in [-0.05, 0) is 18.1 Å². The Labute approximate surface area is 148 Å². The molecule has 2 heterocycles. The molecular weight excluding hydrogens is 338 g/mol. The first-order valence-electron chi connectivity index (χ1n) is 8.82. The van der Waals surface area contributed by atoms with Crippen molar-refractivity contribution in [2.75, 3.05) is 31.9 Å². The summed E-state index contributed by atoms with van der Waals surface area (Å²) in [5, 5.41) is 1.07. The van der Waals surface area contributed by atoms with Gasteiger partial charge in [-0.1, -0.05) is 31.5 Å². The zero-order chi connectivity index (χ0) is 17.9. The lowest BCUT2D eigenvalue weighted by Gasteiger charge is -2.34. The fraction of sp³-hybridized carbons (Fsp3) is 0.500. The van der Waals surface area contributed by atoms with Crippen molar-refractivity contribution in [3.63, 3.8) is 0 Å². The molecule has 1 N–H and O–H groups in total. The normalized spacial score (nSPS) is 16.4. The van der Waals surface area contributed by atoms with Gasteiger partial charge in [0.1, 0.15) is 0 Å². The topological polar surface area (TPSA) is 73.5 Å². The Morgan fingerprint density at radius 3 is 2.60 bits per heavy atom. The number of amides is 1. The minimum Gasteiger partial charge on any atom is -0.361 e. The molecular formula is C18H25N3O3S. The Bertz CT molecular complexity index is 836. The van der Waals surface area contributed by atoms with E-state index in [1.54, 1.807) is 4.90 Å². The number of carbonyl (C=O) groups excluding carboxylic acids is 1. The quantitative estimate of drug-likeness (QED) is 0.853. The van der Waals surface area contributed by atoms with E-state index in [1.165, 1.54) is 4.31 Å². The summed E-state index contributed by atoms with van der Waals surface area (Å²) in [6.45, 7) is 3.70. The van der Waals surface area contributed by atoms with Gasteiger partial charge < -0.3 is 9.88 Å². The summed E-state index contributed by atoms with van der Waals surface area (Å²) in [7, 11) is -3.18. The maximum Gasteiger partial charge on any atom is 0.227 e. The van der Waals surface area contributed by atoms with Crippen molar-refractivity contribution in [2.45, 2.75) is 26.2 Å². The first-order valence-corrected chi connectivity index (χ1v) is 10.4. The van der Waals surface area contributed by atoms with Crippen LogP contribution in [0.1, 0.15) is 25.3 Å². The molecule has 1 amide bonds. The molecule has 1 aliphatic rings. The molecule has 6 nitrogen and oxygen atoms in total. The number of fused-ring (bicyclic) bond motifs is 1. The molecule has 136 valence electrons. The van der Waals surface area contributed by atoms with Crippen LogP contribution in [0.3, 0.4) is 0 Å². The van der Waals surface area contributed by atoms with Gasteiger partial charge in [-0.3, -0.25) is 4.79 Å². The molecule has 25 heavy (non-hydrogen) atoms. The number of sulfonamides is 1. The molecule has 0 unspecified atom stereocenters. The molecule has 2 aromatic rings. The number of para-hydroxylation sites is 1. The SMILES string of the molecule is CCCCS(=O)(=O)N1CCN(C(=O)Cc2c[nH]c3ccccc23)CC1. The number of hydrogen-bond donors (Lipinski definition) is 1. The van der Waals surface area contributed by atoms with Crippen LogP contribution in [-0.4, -0.2) is 60.4 Å². The number of nitrogens with zero attached hydrogens (tertiary/aromatic N) is 2. The van der Waals surface area contributed by atoms with Crippen LogP contribution in [0.4, 0.5) is 0 Å². The Kier molecular flexibility index (Phi) is 5.44. The zero-order valence-electron chi connectivity index (χ0n) is 14.6. The smallest absolute Gasteiger partial charge is 0.227 e. The van der Waals surface area contributed by atoms with Crippen LogP contribution >= 0.6 is 0 Å². The number of hydrogen-bond acceptors (Lipinski definition) is 3. The third kappa shape index (κ3) is 4.04. The zero-order valence-corrected chi connectivity index (χ0v) is 15.4. The Balaban J connectivity index is 1.58. The second-order valence-corrected chi connectivity index (χ2v) is 8.57. The lowest BCUT2D eigenvalue weighted by molar-refractivity contribution is -0.131. The fourth-order valence-electron chi connectivity index (χ4n) is 3.22. The minimum absolute atomic E-state index is 0.0513. The highest BCUT2D eigenvalue weighted by Gasteiger charge is 2.28. The summed E-state index contributed by atoms with van der Waals surface area (Å²) in [6.07, 6.45) is 3.77. The van der Waals surface area contributed by atoms with Crippen molar-refractivity contribution in [3.05, 3.63) is 36.0 Å². The van der Waals surface area contributed by atoms with E-state index in [0.29, 0.717) is 39.0 Å². The van der Waals surface area contributed by atoms with E-state index in [0.717, 1.165) is 22.9 Å². The molecule has 1 aliphatic heterocycles. The van der Waals surface area contributed by atoms with Crippen molar-refractivity contribution in [3.8, 4) is 0 Å². The number of piperazine rings is 1. The lowest BCUT2D eigenvalue weighted by atomic mass is 10.1. The molecule has 0 bridgehead atoms. The van der Waals surface area contributed by atoms with E-state index in [-0.39, 0.29) is 11.7 Å². The highest BCUT2D eigenvalue weighted by Crippen LogP contribution is 2.19. The molecule has 1 aromatic heterocycles. The van der Waals surface area contributed by atoms with Crippen LogP contribution in [0.5, 0.6) is 0 Å². The predicted octanol–water partition coefficient (Wildman–Crippen LogP) is 1.98. The van der Waals surface area contributed by atoms with Gasteiger partial charge in [0.15, 0.2) is 0 Å². The summed E-state index contributed by atoms with van der Waals surface area (Å²) in [5.41, 5.74) is 2.01. The molecule has 0 saturated carbocycles. The third-order valence-electron chi connectivity index (χ3n) is 4.76. The van der Waals surface area contributed by atoms with Crippen LogP contribution < -0.4 is 0 Å². The maximum absolute atomic E-state index is 12.6. The van der Waals surface area contributed by atoms with Gasteiger partial charge in [0.05, 0.1) is 12.2 Å². The van der Waals surface area contributed by atoms with Gasteiger partial charge in [0.25, 0.3) is 0 Å². The summed E-state index contributed by atoms with van der Waals surface area (Å²) < 4.78 is 26.0. The van der Waals surface area contributed by atoms with Crippen molar-refractivity contribution in [1.82, 2.24) is 14.2 Å². The lowest BCUT2D eigenvalue weighted by Crippen LogP contribution is -2.51. The van der Waals surface area contributed by atoms with Gasteiger partial charge in [0.2, 0.25) is 15.9 Å². The van der Waals surface area contributed by atoms with Crippen molar-refractivity contribution < 1.29 is 13.2 Å². The second-order valence-electron chi connectivity index (χ2n) is 6.49. The molecule has 0 atom stereocenters. The summed E-state index contributed by atoms with van der Waals surface area (Å²) >= 11 is 0. The number of unbranched alkanes of at least 4 members (excludes halogenated alkanes) is 1. The average Bonchev–Trinajstić information content (AvgIpc) is 3.03. The van der Waals surface area contributed by atoms with Crippen LogP contribution in [0, 0.1) is 0 Å². The Hall–Kier alpha value is -1.86. The maximum atomic E-state index is 12.6. The number of H-pyrrole nitrogens is 1. The number of aromatic nitrogens is 1. The van der Waals surface area contributed by atoms with Crippen LogP contribution in [-0.2, 0) is 21.2 Å². The summed E-state index contributed by atoms with van der Waals surface area (Å²) in [5.74, 6) is 0.252. The van der Waals surface area contributed by atoms with Crippen molar-refractivity contribution in [2.24, 2.45) is 0 Å². The standard InChI is InChI=1S/C18H25N3O3S/c1-2-3-12-25(23,24)21-10-8-20(9-11-21)18(22)13-15-14-19-17-7-5-4-6-16(15)17/h4-7,14,19H,2-3,8-13H2,1H3. The predicted molar refractivity (Wildman–Crippen MR) is 98.9 cm³/mol. The number of carbonyl (C=O) groups is 1. The van der Waals surface area contributed by atoms with Crippen molar-refractivity contribution in [1.29, 1.82) is 0 Å². The van der Waals surface area contributed by atoms with Gasteiger partial charge in [-0.15, -0.1) is 0 Å². The van der Waals surface area contributed by atoms with Gasteiger partial charge >= 0.3 is 0 Å². The first-order chi connectivity index (χ1) is 12.0. The minimum atomic E-state index is -3.18. The van der Waals surface area contributed by atoms with E-state index in [2.05, 4.69) is 4.98 Å². The van der Waals surface area contributed by atoms with E-state index >= 15 is 0 Å². The Morgan fingerprint density at radius 2 is 1.88 bits per heavy atom. The van der Waals surface area contributed by atoms with Gasteiger partial charge in [0, 0.05) is 43.3 Å². The van der Waals surface area contributed by atoms with E-state index < -0.39 is 10.0 Å². The highest BCUT2D eigenvalue weighted by atomic mass is 32.2. The van der Waals surface area contributed by atoms with Gasteiger partial charge in [-0.25, -0.2) is 8.42 Å². The number of rotatable bonds is 6. The molecule has 0 radical (unpaired) electrons. The molecule has 7 heteroatoms. The summed E-state index contributed by atoms with van der Waals surface area (Å²) in [6, 6.07) is 7.92. The molecule has 0 spiro atoms. The summed E-state index contributed by atoms with van der Waals surface area (Å²) in [4.78, 5) is 17.5. The van der Waals surface area contributed by atoms with E-state index in [4.69, 9.17) is 0 Å². The molecule has 0 aliphatic carbocycles. The van der Waals surface area contributed by atoms with Crippen LogP contribution in [0.15, 0.2) is 30.5 Å². The second kappa shape index (κ2) is 7.58. The Morgan fingerprint density at radius 1 is 1.16 bits per heavy atom. The molecule has 1 aromatic carbocycles.